The number of rotatable bonds is 0. The molecule has 0 aliphatic heterocycles. The van der Waals surface area contributed by atoms with Crippen LogP contribution in [0, 0.1) is 27.7 Å². The van der Waals surface area contributed by atoms with Crippen LogP contribution in [0.5, 0.6) is 0 Å². The first kappa shape index (κ1) is 8.23. The Morgan fingerprint density at radius 1 is 0.692 bits per heavy atom. The summed E-state index contributed by atoms with van der Waals surface area (Å²) in [6, 6.07) is 0. The average Bonchev–Trinajstić information content (AvgIpc) is 2.59. The highest BCUT2D eigenvalue weighted by Gasteiger charge is 2.12. The largest absolute Gasteiger partial charge is 0.243 e. The van der Waals surface area contributed by atoms with Crippen LogP contribution in [-0.4, -0.2) is 10.3 Å². The van der Waals surface area contributed by atoms with E-state index in [2.05, 4.69) is 24.2 Å². The van der Waals surface area contributed by atoms with Crippen LogP contribution in [0.15, 0.2) is 4.63 Å². The smallest absolute Gasteiger partial charge is 0.138 e. The van der Waals surface area contributed by atoms with Crippen molar-refractivity contribution in [2.45, 2.75) is 27.7 Å². The van der Waals surface area contributed by atoms with Crippen molar-refractivity contribution in [2.75, 3.05) is 0 Å². The zero-order chi connectivity index (χ0) is 9.59. The van der Waals surface area contributed by atoms with Crippen LogP contribution >= 0.6 is 0 Å². The minimum absolute atomic E-state index is 0.889. The lowest BCUT2D eigenvalue weighted by Crippen LogP contribution is -1.92. The number of fused-ring (bicyclic) bond motifs is 1. The second kappa shape index (κ2) is 2.55. The molecule has 0 amide bonds. The SMILES string of the molecule is Cc1c(C)c(C)c2nonc2c1C. The maximum atomic E-state index is 4.74. The molecule has 1 aromatic carbocycles. The molecule has 3 heteroatoms. The summed E-state index contributed by atoms with van der Waals surface area (Å²) in [5.74, 6) is 0. The van der Waals surface area contributed by atoms with Gasteiger partial charge >= 0.3 is 0 Å². The van der Waals surface area contributed by atoms with E-state index in [9.17, 15) is 0 Å². The highest BCUT2D eigenvalue weighted by Crippen LogP contribution is 2.25. The Morgan fingerprint density at radius 3 is 1.46 bits per heavy atom. The first-order valence-electron chi connectivity index (χ1n) is 4.31. The third-order valence-electron chi connectivity index (χ3n) is 2.89. The maximum Gasteiger partial charge on any atom is 0.138 e. The van der Waals surface area contributed by atoms with E-state index in [0.29, 0.717) is 0 Å². The second-order valence-corrected chi connectivity index (χ2v) is 3.46. The maximum absolute atomic E-state index is 4.74. The molecule has 3 nitrogen and oxygen atoms in total. The van der Waals surface area contributed by atoms with E-state index in [1.54, 1.807) is 0 Å². The summed E-state index contributed by atoms with van der Waals surface area (Å²) in [5, 5.41) is 7.79. The lowest BCUT2D eigenvalue weighted by Gasteiger charge is -2.07. The Balaban J connectivity index is 3.02. The van der Waals surface area contributed by atoms with Crippen LogP contribution in [-0.2, 0) is 0 Å². The molecule has 0 saturated carbocycles. The van der Waals surface area contributed by atoms with Crippen LogP contribution in [0.2, 0.25) is 0 Å². The van der Waals surface area contributed by atoms with E-state index in [0.717, 1.165) is 11.0 Å². The highest BCUT2D eigenvalue weighted by molar-refractivity contribution is 5.82. The molecule has 0 atom stereocenters. The molecule has 0 bridgehead atoms. The topological polar surface area (TPSA) is 38.9 Å². The van der Waals surface area contributed by atoms with Crippen LogP contribution < -0.4 is 0 Å². The van der Waals surface area contributed by atoms with Crippen LogP contribution in [0.3, 0.4) is 0 Å². The summed E-state index contributed by atoms with van der Waals surface area (Å²) in [7, 11) is 0. The Labute approximate surface area is 76.7 Å². The van der Waals surface area contributed by atoms with Gasteiger partial charge in [0.05, 0.1) is 0 Å². The van der Waals surface area contributed by atoms with E-state index in [1.807, 2.05) is 13.8 Å². The molecular weight excluding hydrogens is 164 g/mol. The first-order chi connectivity index (χ1) is 6.13. The molecule has 68 valence electrons. The minimum atomic E-state index is 0.889. The summed E-state index contributed by atoms with van der Waals surface area (Å²) >= 11 is 0. The average molecular weight is 176 g/mol. The Morgan fingerprint density at radius 2 is 1.08 bits per heavy atom. The lowest BCUT2D eigenvalue weighted by molar-refractivity contribution is 0.315. The quantitative estimate of drug-likeness (QED) is 0.619. The third kappa shape index (κ3) is 0.963. The van der Waals surface area contributed by atoms with E-state index < -0.39 is 0 Å². The zero-order valence-corrected chi connectivity index (χ0v) is 8.30. The number of nitrogens with zero attached hydrogens (tertiary/aromatic N) is 2. The molecule has 0 aliphatic rings. The van der Waals surface area contributed by atoms with Gasteiger partial charge in [-0.05, 0) is 60.3 Å². The summed E-state index contributed by atoms with van der Waals surface area (Å²) in [6.07, 6.45) is 0. The van der Waals surface area contributed by atoms with Crippen molar-refractivity contribution in [1.29, 1.82) is 0 Å². The number of aromatic nitrogens is 2. The van der Waals surface area contributed by atoms with Gasteiger partial charge in [-0.25, -0.2) is 4.63 Å². The van der Waals surface area contributed by atoms with Crippen molar-refractivity contribution < 1.29 is 4.63 Å². The number of benzene rings is 1. The van der Waals surface area contributed by atoms with Crippen molar-refractivity contribution in [3.8, 4) is 0 Å². The summed E-state index contributed by atoms with van der Waals surface area (Å²) in [5.41, 5.74) is 6.67. The lowest BCUT2D eigenvalue weighted by atomic mass is 9.98. The first-order valence-corrected chi connectivity index (χ1v) is 4.31. The molecule has 0 spiro atoms. The van der Waals surface area contributed by atoms with Gasteiger partial charge in [0.1, 0.15) is 11.0 Å². The molecule has 2 aromatic rings. The Hall–Kier alpha value is -1.38. The molecule has 1 heterocycles. The summed E-state index contributed by atoms with van der Waals surface area (Å²) in [6.45, 7) is 8.31. The number of hydrogen-bond acceptors (Lipinski definition) is 3. The molecule has 1 aromatic heterocycles. The standard InChI is InChI=1S/C10H12N2O/c1-5-6(2)8(4)10-9(7(5)3)11-13-12-10/h1-4H3. The van der Waals surface area contributed by atoms with Gasteiger partial charge in [-0.15, -0.1) is 0 Å². The third-order valence-corrected chi connectivity index (χ3v) is 2.89. The molecule has 0 N–H and O–H groups in total. The molecule has 0 aliphatic carbocycles. The van der Waals surface area contributed by atoms with E-state index >= 15 is 0 Å². The van der Waals surface area contributed by atoms with Crippen molar-refractivity contribution in [3.05, 3.63) is 22.3 Å². The van der Waals surface area contributed by atoms with Gasteiger partial charge in [0.25, 0.3) is 0 Å². The molecular formula is C10H12N2O. The monoisotopic (exact) mass is 176 g/mol. The Kier molecular flexibility index (Phi) is 1.62. The fourth-order valence-electron chi connectivity index (χ4n) is 1.60. The van der Waals surface area contributed by atoms with Gasteiger partial charge in [-0.3, -0.25) is 0 Å². The van der Waals surface area contributed by atoms with Crippen LogP contribution in [0.1, 0.15) is 22.3 Å². The zero-order valence-electron chi connectivity index (χ0n) is 8.30. The van der Waals surface area contributed by atoms with Gasteiger partial charge in [0.15, 0.2) is 0 Å². The van der Waals surface area contributed by atoms with Crippen molar-refractivity contribution in [2.24, 2.45) is 0 Å². The van der Waals surface area contributed by atoms with Gasteiger partial charge in [0.2, 0.25) is 0 Å². The van der Waals surface area contributed by atoms with Crippen molar-refractivity contribution in [3.63, 3.8) is 0 Å². The molecule has 0 radical (unpaired) electrons. The number of hydrogen-bond donors (Lipinski definition) is 0. The minimum Gasteiger partial charge on any atom is -0.243 e. The van der Waals surface area contributed by atoms with Gasteiger partial charge in [0, 0.05) is 0 Å². The van der Waals surface area contributed by atoms with Crippen molar-refractivity contribution >= 4 is 11.0 Å². The normalized spacial score (nSPS) is 11.1. The molecule has 0 unspecified atom stereocenters. The van der Waals surface area contributed by atoms with E-state index in [1.165, 1.54) is 22.3 Å². The van der Waals surface area contributed by atoms with Crippen LogP contribution in [0.25, 0.3) is 11.0 Å². The summed E-state index contributed by atoms with van der Waals surface area (Å²) < 4.78 is 4.74. The van der Waals surface area contributed by atoms with Crippen LogP contribution in [0.4, 0.5) is 0 Å². The van der Waals surface area contributed by atoms with Gasteiger partial charge in [-0.2, -0.15) is 0 Å². The predicted octanol–water partition coefficient (Wildman–Crippen LogP) is 2.46. The van der Waals surface area contributed by atoms with Gasteiger partial charge in [-0.1, -0.05) is 0 Å². The van der Waals surface area contributed by atoms with Gasteiger partial charge < -0.3 is 0 Å². The number of aryl methyl sites for hydroxylation is 2. The van der Waals surface area contributed by atoms with Crippen molar-refractivity contribution in [1.82, 2.24) is 10.3 Å². The highest BCUT2D eigenvalue weighted by atomic mass is 16.6. The summed E-state index contributed by atoms with van der Waals surface area (Å²) in [4.78, 5) is 0. The van der Waals surface area contributed by atoms with E-state index in [-0.39, 0.29) is 0 Å². The molecule has 0 fully saturated rings. The Bertz CT molecular complexity index is 429. The molecule has 13 heavy (non-hydrogen) atoms. The van der Waals surface area contributed by atoms with E-state index in [4.69, 9.17) is 4.63 Å². The fraction of sp³-hybridized carbons (Fsp3) is 0.400. The molecule has 2 rings (SSSR count). The molecule has 0 saturated heterocycles. The second-order valence-electron chi connectivity index (χ2n) is 3.46. The predicted molar refractivity (Wildman–Crippen MR) is 50.8 cm³/mol. The fourth-order valence-corrected chi connectivity index (χ4v) is 1.60.